The van der Waals surface area contributed by atoms with Crippen LogP contribution in [0.15, 0.2) is 0 Å². The molecule has 52 valence electrons. The molecule has 0 aromatic carbocycles. The van der Waals surface area contributed by atoms with Crippen LogP contribution in [-0.2, 0) is 0 Å². The molecule has 1 saturated heterocycles. The van der Waals surface area contributed by atoms with E-state index in [9.17, 15) is 0 Å². The highest BCUT2D eigenvalue weighted by Gasteiger charge is 2.38. The summed E-state index contributed by atoms with van der Waals surface area (Å²) in [6.07, 6.45) is 2.57. The fourth-order valence-corrected chi connectivity index (χ4v) is 2.18. The lowest BCUT2D eigenvalue weighted by atomic mass is 10.0. The van der Waals surface area contributed by atoms with Gasteiger partial charge in [0.2, 0.25) is 0 Å². The summed E-state index contributed by atoms with van der Waals surface area (Å²) in [5.74, 6) is 1.45. The minimum atomic E-state index is 0.383. The second kappa shape index (κ2) is 1.96. The number of rotatable bonds is 1. The molecule has 1 aliphatic carbocycles. The van der Waals surface area contributed by atoms with Crippen LogP contribution in [0.25, 0.3) is 0 Å². The Bertz CT molecular complexity index is 115. The standard InChI is InChI=1S/C7H13NO/c9-4-6-1-5-2-7(6)8-3-5/h5-9H,1-4H2/t5-,6+,7-/m1/s1. The van der Waals surface area contributed by atoms with Crippen molar-refractivity contribution in [2.75, 3.05) is 13.2 Å². The van der Waals surface area contributed by atoms with E-state index in [0.29, 0.717) is 18.6 Å². The lowest BCUT2D eigenvalue weighted by molar-refractivity contribution is 0.193. The molecule has 2 nitrogen and oxygen atoms in total. The molecular weight excluding hydrogens is 114 g/mol. The quantitative estimate of drug-likeness (QED) is 0.518. The third-order valence-electron chi connectivity index (χ3n) is 2.70. The first-order valence-electron chi connectivity index (χ1n) is 3.74. The van der Waals surface area contributed by atoms with E-state index in [1.807, 2.05) is 0 Å². The van der Waals surface area contributed by atoms with Gasteiger partial charge in [0, 0.05) is 12.6 Å². The van der Waals surface area contributed by atoms with Crippen LogP contribution >= 0.6 is 0 Å². The molecule has 2 N–H and O–H groups in total. The van der Waals surface area contributed by atoms with E-state index >= 15 is 0 Å². The molecule has 1 heterocycles. The number of aliphatic hydroxyl groups excluding tert-OH is 1. The normalized spacial score (nSPS) is 48.3. The Kier molecular flexibility index (Phi) is 1.24. The van der Waals surface area contributed by atoms with Gasteiger partial charge in [0.1, 0.15) is 0 Å². The van der Waals surface area contributed by atoms with Gasteiger partial charge >= 0.3 is 0 Å². The Morgan fingerprint density at radius 3 is 2.67 bits per heavy atom. The molecule has 2 heteroatoms. The molecule has 3 atom stereocenters. The van der Waals surface area contributed by atoms with Crippen molar-refractivity contribution < 1.29 is 5.11 Å². The van der Waals surface area contributed by atoms with Crippen LogP contribution in [0, 0.1) is 11.8 Å². The fourth-order valence-electron chi connectivity index (χ4n) is 2.18. The van der Waals surface area contributed by atoms with Crippen LogP contribution in [0.1, 0.15) is 12.8 Å². The van der Waals surface area contributed by atoms with E-state index in [1.165, 1.54) is 19.4 Å². The van der Waals surface area contributed by atoms with Gasteiger partial charge in [0.25, 0.3) is 0 Å². The molecule has 2 fully saturated rings. The van der Waals surface area contributed by atoms with Crippen molar-refractivity contribution in [2.24, 2.45) is 11.8 Å². The molecule has 0 aromatic heterocycles. The number of nitrogens with one attached hydrogen (secondary N) is 1. The van der Waals surface area contributed by atoms with Gasteiger partial charge in [-0.3, -0.25) is 0 Å². The second-order valence-electron chi connectivity index (χ2n) is 3.29. The van der Waals surface area contributed by atoms with Crippen LogP contribution in [0.5, 0.6) is 0 Å². The summed E-state index contributed by atoms with van der Waals surface area (Å²) in [6, 6.07) is 0.653. The van der Waals surface area contributed by atoms with Gasteiger partial charge in [-0.25, -0.2) is 0 Å². The first kappa shape index (κ1) is 5.69. The molecule has 0 spiro atoms. The van der Waals surface area contributed by atoms with Crippen molar-refractivity contribution >= 4 is 0 Å². The van der Waals surface area contributed by atoms with Crippen LogP contribution < -0.4 is 5.32 Å². The highest BCUT2D eigenvalue weighted by Crippen LogP contribution is 2.35. The SMILES string of the molecule is OC[C@@H]1C[C@H]2CN[C@@H]1C2. The van der Waals surface area contributed by atoms with E-state index < -0.39 is 0 Å². The van der Waals surface area contributed by atoms with Gasteiger partial charge < -0.3 is 10.4 Å². The summed E-state index contributed by atoms with van der Waals surface area (Å²) in [7, 11) is 0. The summed E-state index contributed by atoms with van der Waals surface area (Å²) < 4.78 is 0. The first-order chi connectivity index (χ1) is 4.40. The topological polar surface area (TPSA) is 32.3 Å². The van der Waals surface area contributed by atoms with Gasteiger partial charge in [-0.2, -0.15) is 0 Å². The van der Waals surface area contributed by atoms with Crippen molar-refractivity contribution in [1.29, 1.82) is 0 Å². The summed E-state index contributed by atoms with van der Waals surface area (Å²) in [5, 5.41) is 12.2. The Morgan fingerprint density at radius 2 is 2.33 bits per heavy atom. The summed E-state index contributed by atoms with van der Waals surface area (Å²) in [5.41, 5.74) is 0. The van der Waals surface area contributed by atoms with E-state index in [1.54, 1.807) is 0 Å². The number of aliphatic hydroxyl groups is 1. The van der Waals surface area contributed by atoms with Crippen molar-refractivity contribution in [3.63, 3.8) is 0 Å². The van der Waals surface area contributed by atoms with Gasteiger partial charge in [-0.1, -0.05) is 0 Å². The number of piperidine rings is 1. The third-order valence-corrected chi connectivity index (χ3v) is 2.70. The molecule has 2 rings (SSSR count). The Morgan fingerprint density at radius 1 is 1.44 bits per heavy atom. The highest BCUT2D eigenvalue weighted by atomic mass is 16.3. The minimum absolute atomic E-state index is 0.383. The Balaban J connectivity index is 2.01. The van der Waals surface area contributed by atoms with Crippen molar-refractivity contribution in [3.8, 4) is 0 Å². The van der Waals surface area contributed by atoms with Gasteiger partial charge in [-0.05, 0) is 31.2 Å². The smallest absolute Gasteiger partial charge is 0.0474 e. The van der Waals surface area contributed by atoms with Gasteiger partial charge in [-0.15, -0.1) is 0 Å². The Labute approximate surface area is 55.3 Å². The summed E-state index contributed by atoms with van der Waals surface area (Å²) >= 11 is 0. The lowest BCUT2D eigenvalue weighted by Gasteiger charge is -2.19. The zero-order valence-corrected chi connectivity index (χ0v) is 5.51. The van der Waals surface area contributed by atoms with Crippen LogP contribution in [-0.4, -0.2) is 24.3 Å². The molecule has 2 bridgehead atoms. The van der Waals surface area contributed by atoms with E-state index in [-0.39, 0.29) is 0 Å². The van der Waals surface area contributed by atoms with Crippen LogP contribution in [0.3, 0.4) is 0 Å². The molecule has 9 heavy (non-hydrogen) atoms. The van der Waals surface area contributed by atoms with Crippen molar-refractivity contribution in [2.45, 2.75) is 18.9 Å². The van der Waals surface area contributed by atoms with Crippen LogP contribution in [0.4, 0.5) is 0 Å². The minimum Gasteiger partial charge on any atom is -0.396 e. The molecule has 0 radical (unpaired) electrons. The highest BCUT2D eigenvalue weighted by molar-refractivity contribution is 4.94. The van der Waals surface area contributed by atoms with Crippen molar-refractivity contribution in [3.05, 3.63) is 0 Å². The largest absolute Gasteiger partial charge is 0.396 e. The maximum Gasteiger partial charge on any atom is 0.0474 e. The van der Waals surface area contributed by atoms with Crippen LogP contribution in [0.2, 0.25) is 0 Å². The predicted molar refractivity (Wildman–Crippen MR) is 35.1 cm³/mol. The first-order valence-corrected chi connectivity index (χ1v) is 3.74. The molecule has 0 unspecified atom stereocenters. The molecule has 0 amide bonds. The summed E-state index contributed by atoms with van der Waals surface area (Å²) in [6.45, 7) is 1.58. The van der Waals surface area contributed by atoms with Gasteiger partial charge in [0.15, 0.2) is 0 Å². The third kappa shape index (κ3) is 0.775. The molecule has 0 aromatic rings. The maximum absolute atomic E-state index is 8.85. The monoisotopic (exact) mass is 127 g/mol. The van der Waals surface area contributed by atoms with Crippen molar-refractivity contribution in [1.82, 2.24) is 5.32 Å². The number of hydrogen-bond donors (Lipinski definition) is 2. The fraction of sp³-hybridized carbons (Fsp3) is 1.00. The Hall–Kier alpha value is -0.0800. The number of fused-ring (bicyclic) bond motifs is 2. The molecular formula is C7H13NO. The lowest BCUT2D eigenvalue weighted by Crippen LogP contribution is -2.34. The maximum atomic E-state index is 8.85. The summed E-state index contributed by atoms with van der Waals surface area (Å²) in [4.78, 5) is 0. The zero-order valence-electron chi connectivity index (χ0n) is 5.51. The molecule has 1 aliphatic heterocycles. The van der Waals surface area contributed by atoms with Gasteiger partial charge in [0.05, 0.1) is 0 Å². The molecule has 2 aliphatic rings. The average Bonchev–Trinajstić information content (AvgIpc) is 2.45. The average molecular weight is 127 g/mol. The van der Waals surface area contributed by atoms with E-state index in [0.717, 1.165) is 5.92 Å². The van der Waals surface area contributed by atoms with E-state index in [2.05, 4.69) is 5.32 Å². The molecule has 1 saturated carbocycles. The number of hydrogen-bond acceptors (Lipinski definition) is 2. The second-order valence-corrected chi connectivity index (χ2v) is 3.29. The van der Waals surface area contributed by atoms with E-state index in [4.69, 9.17) is 5.11 Å². The zero-order chi connectivity index (χ0) is 6.27. The predicted octanol–water partition coefficient (Wildman–Crippen LogP) is -0.0233.